The minimum Gasteiger partial charge on any atom is -0.327 e. The lowest BCUT2D eigenvalue weighted by Gasteiger charge is -2.42. The van der Waals surface area contributed by atoms with Crippen LogP contribution in [-0.2, 0) is 13.0 Å². The molecule has 4 heteroatoms. The normalized spacial score (nSPS) is 17.4. The molecule has 0 spiro atoms. The molecular formula is C16H20Cl2N2. The van der Waals surface area contributed by atoms with E-state index < -0.39 is 0 Å². The monoisotopic (exact) mass is 310 g/mol. The molecule has 108 valence electrons. The highest BCUT2D eigenvalue weighted by Crippen LogP contribution is 2.45. The molecule has 0 N–H and O–H groups in total. The molecule has 2 nitrogen and oxygen atoms in total. The number of benzene rings is 1. The fourth-order valence-electron chi connectivity index (χ4n) is 3.23. The lowest BCUT2D eigenvalue weighted by molar-refractivity contribution is 0.101. The number of halogens is 2. The molecule has 1 aliphatic rings. The van der Waals surface area contributed by atoms with E-state index in [9.17, 15) is 0 Å². The Bertz CT molecular complexity index is 609. The maximum atomic E-state index is 6.16. The van der Waals surface area contributed by atoms with E-state index in [4.69, 9.17) is 28.2 Å². The van der Waals surface area contributed by atoms with Gasteiger partial charge in [0.25, 0.3) is 0 Å². The summed E-state index contributed by atoms with van der Waals surface area (Å²) in [4.78, 5) is 4.74. The molecule has 0 saturated heterocycles. The van der Waals surface area contributed by atoms with E-state index in [1.807, 2.05) is 18.2 Å². The standard InChI is InChI=1S/C16H20Cl2N2/c1-2-16(7-3-8-16)11-20-14-10-12(18)4-5-13(14)19-15(20)6-9-17/h4-5,10H,2-3,6-9,11H2,1H3. The number of fused-ring (bicyclic) bond motifs is 1. The summed E-state index contributed by atoms with van der Waals surface area (Å²) in [5.74, 6) is 1.70. The molecule has 0 bridgehead atoms. The molecule has 1 heterocycles. The number of aryl methyl sites for hydroxylation is 1. The van der Waals surface area contributed by atoms with Crippen molar-refractivity contribution in [2.75, 3.05) is 5.88 Å². The first kappa shape index (κ1) is 14.2. The number of hydrogen-bond acceptors (Lipinski definition) is 1. The van der Waals surface area contributed by atoms with Gasteiger partial charge in [-0.3, -0.25) is 0 Å². The molecule has 3 rings (SSSR count). The summed E-state index contributed by atoms with van der Waals surface area (Å²) in [6, 6.07) is 5.94. The number of imidazole rings is 1. The smallest absolute Gasteiger partial charge is 0.111 e. The van der Waals surface area contributed by atoms with Crippen LogP contribution in [0.15, 0.2) is 18.2 Å². The van der Waals surface area contributed by atoms with Crippen LogP contribution in [-0.4, -0.2) is 15.4 Å². The van der Waals surface area contributed by atoms with Crippen molar-refractivity contribution in [3.05, 3.63) is 29.0 Å². The quantitative estimate of drug-likeness (QED) is 0.706. The number of nitrogens with zero attached hydrogens (tertiary/aromatic N) is 2. The van der Waals surface area contributed by atoms with Gasteiger partial charge in [-0.05, 0) is 42.9 Å². The highest BCUT2D eigenvalue weighted by Gasteiger charge is 2.36. The van der Waals surface area contributed by atoms with Crippen LogP contribution < -0.4 is 0 Å². The first-order valence-electron chi connectivity index (χ1n) is 7.38. The molecule has 0 unspecified atom stereocenters. The second kappa shape index (κ2) is 5.57. The van der Waals surface area contributed by atoms with Crippen molar-refractivity contribution in [2.24, 2.45) is 5.41 Å². The number of rotatable bonds is 5. The fourth-order valence-corrected chi connectivity index (χ4v) is 3.57. The van der Waals surface area contributed by atoms with Crippen molar-refractivity contribution < 1.29 is 0 Å². The predicted molar refractivity (Wildman–Crippen MR) is 85.7 cm³/mol. The predicted octanol–water partition coefficient (Wildman–Crippen LogP) is 5.05. The lowest BCUT2D eigenvalue weighted by Crippen LogP contribution is -2.34. The Morgan fingerprint density at radius 2 is 2.15 bits per heavy atom. The molecule has 0 radical (unpaired) electrons. The maximum absolute atomic E-state index is 6.16. The van der Waals surface area contributed by atoms with Gasteiger partial charge >= 0.3 is 0 Å². The summed E-state index contributed by atoms with van der Waals surface area (Å²) in [7, 11) is 0. The van der Waals surface area contributed by atoms with Crippen molar-refractivity contribution in [1.82, 2.24) is 9.55 Å². The third-order valence-corrected chi connectivity index (χ3v) is 5.19. The third-order valence-electron chi connectivity index (χ3n) is 4.77. The van der Waals surface area contributed by atoms with Gasteiger partial charge in [0, 0.05) is 23.9 Å². The topological polar surface area (TPSA) is 17.8 Å². The van der Waals surface area contributed by atoms with Crippen LogP contribution in [0.4, 0.5) is 0 Å². The van der Waals surface area contributed by atoms with Crippen molar-refractivity contribution in [3.8, 4) is 0 Å². The molecule has 0 amide bonds. The molecular weight excluding hydrogens is 291 g/mol. The fraction of sp³-hybridized carbons (Fsp3) is 0.562. The van der Waals surface area contributed by atoms with E-state index in [0.29, 0.717) is 11.3 Å². The Hall–Kier alpha value is -0.730. The van der Waals surface area contributed by atoms with Gasteiger partial charge in [-0.15, -0.1) is 11.6 Å². The third kappa shape index (κ3) is 2.44. The van der Waals surface area contributed by atoms with Crippen molar-refractivity contribution >= 4 is 34.2 Å². The number of alkyl halides is 1. The van der Waals surface area contributed by atoms with E-state index >= 15 is 0 Å². The summed E-state index contributed by atoms with van der Waals surface area (Å²) >= 11 is 12.1. The van der Waals surface area contributed by atoms with Gasteiger partial charge in [0.05, 0.1) is 11.0 Å². The van der Waals surface area contributed by atoms with Crippen LogP contribution in [0.1, 0.15) is 38.4 Å². The van der Waals surface area contributed by atoms with Crippen LogP contribution in [0, 0.1) is 5.41 Å². The van der Waals surface area contributed by atoms with Crippen LogP contribution in [0.2, 0.25) is 5.02 Å². The molecule has 20 heavy (non-hydrogen) atoms. The zero-order valence-electron chi connectivity index (χ0n) is 11.8. The molecule has 1 fully saturated rings. The second-order valence-electron chi connectivity index (χ2n) is 5.89. The van der Waals surface area contributed by atoms with Crippen LogP contribution in [0.25, 0.3) is 11.0 Å². The van der Waals surface area contributed by atoms with Crippen molar-refractivity contribution in [3.63, 3.8) is 0 Å². The highest BCUT2D eigenvalue weighted by molar-refractivity contribution is 6.31. The summed E-state index contributed by atoms with van der Waals surface area (Å²) in [6.07, 6.45) is 6.04. The Morgan fingerprint density at radius 1 is 1.35 bits per heavy atom. The van der Waals surface area contributed by atoms with Gasteiger partial charge in [0.15, 0.2) is 0 Å². The van der Waals surface area contributed by atoms with E-state index in [2.05, 4.69) is 11.5 Å². The van der Waals surface area contributed by atoms with E-state index in [0.717, 1.165) is 34.8 Å². The maximum Gasteiger partial charge on any atom is 0.111 e. The second-order valence-corrected chi connectivity index (χ2v) is 6.71. The molecule has 1 aliphatic carbocycles. The highest BCUT2D eigenvalue weighted by atomic mass is 35.5. The van der Waals surface area contributed by atoms with Crippen LogP contribution >= 0.6 is 23.2 Å². The Labute approximate surface area is 130 Å². The number of aromatic nitrogens is 2. The molecule has 1 aromatic heterocycles. The number of hydrogen-bond donors (Lipinski definition) is 0. The van der Waals surface area contributed by atoms with E-state index in [-0.39, 0.29) is 0 Å². The summed E-state index contributed by atoms with van der Waals surface area (Å²) in [5.41, 5.74) is 2.63. The van der Waals surface area contributed by atoms with E-state index in [1.54, 1.807) is 0 Å². The zero-order valence-corrected chi connectivity index (χ0v) is 13.3. The summed E-state index contributed by atoms with van der Waals surface area (Å²) < 4.78 is 2.35. The minimum absolute atomic E-state index is 0.455. The van der Waals surface area contributed by atoms with Gasteiger partial charge in [-0.25, -0.2) is 4.98 Å². The molecule has 0 aliphatic heterocycles. The Morgan fingerprint density at radius 3 is 2.75 bits per heavy atom. The van der Waals surface area contributed by atoms with Crippen molar-refractivity contribution in [1.29, 1.82) is 0 Å². The molecule has 0 atom stereocenters. The van der Waals surface area contributed by atoms with Crippen molar-refractivity contribution in [2.45, 2.75) is 45.6 Å². The average Bonchev–Trinajstić information content (AvgIpc) is 2.72. The van der Waals surface area contributed by atoms with Gasteiger partial charge in [-0.2, -0.15) is 0 Å². The minimum atomic E-state index is 0.455. The van der Waals surface area contributed by atoms with Gasteiger partial charge in [0.2, 0.25) is 0 Å². The van der Waals surface area contributed by atoms with Gasteiger partial charge < -0.3 is 4.57 Å². The van der Waals surface area contributed by atoms with Gasteiger partial charge in [-0.1, -0.05) is 24.9 Å². The SMILES string of the molecule is CCC1(Cn2c(CCCl)nc3ccc(Cl)cc32)CCC1. The lowest BCUT2D eigenvalue weighted by atomic mass is 9.67. The summed E-state index contributed by atoms with van der Waals surface area (Å²) in [6.45, 7) is 3.35. The summed E-state index contributed by atoms with van der Waals surface area (Å²) in [5, 5.41) is 0.773. The Balaban J connectivity index is 2.05. The molecule has 1 saturated carbocycles. The average molecular weight is 311 g/mol. The largest absolute Gasteiger partial charge is 0.327 e. The van der Waals surface area contributed by atoms with Crippen LogP contribution in [0.3, 0.4) is 0 Å². The zero-order chi connectivity index (χ0) is 14.2. The van der Waals surface area contributed by atoms with Gasteiger partial charge in [0.1, 0.15) is 5.82 Å². The first-order chi connectivity index (χ1) is 9.67. The molecule has 2 aromatic rings. The Kier molecular flexibility index (Phi) is 3.96. The molecule has 1 aromatic carbocycles. The first-order valence-corrected chi connectivity index (χ1v) is 8.29. The van der Waals surface area contributed by atoms with Crippen LogP contribution in [0.5, 0.6) is 0 Å². The van der Waals surface area contributed by atoms with E-state index in [1.165, 1.54) is 25.7 Å².